The highest BCUT2D eigenvalue weighted by Gasteiger charge is 2.24. The summed E-state index contributed by atoms with van der Waals surface area (Å²) in [4.78, 5) is 19.9. The van der Waals surface area contributed by atoms with Gasteiger partial charge in [-0.15, -0.1) is 0 Å². The number of allylic oxidation sites excluding steroid dienone is 1. The van der Waals surface area contributed by atoms with Gasteiger partial charge in [0.2, 0.25) is 0 Å². The van der Waals surface area contributed by atoms with Gasteiger partial charge < -0.3 is 20.2 Å². The molecule has 42 heavy (non-hydrogen) atoms. The maximum absolute atomic E-state index is 13.0. The molecule has 0 bridgehead atoms. The smallest absolute Gasteiger partial charge is 0.306 e. The van der Waals surface area contributed by atoms with Crippen LogP contribution in [-0.2, 0) is 29.2 Å². The average Bonchev–Trinajstić information content (AvgIpc) is 3.18. The summed E-state index contributed by atoms with van der Waals surface area (Å²) in [6.07, 6.45) is 5.97. The van der Waals surface area contributed by atoms with Crippen molar-refractivity contribution in [2.24, 2.45) is 11.6 Å². The number of hydrogen-bond donors (Lipinski definition) is 2. The standard InChI is InChI=1S/C33H42ClN5O3/c1-3-29-21-38(22-31-32(42-29)11-8-16-37-31)19-27-17-25(13-15-30(27)34)26(12-14-28(35)20-39(36)4-2)18-33(40)41-23-24-9-6-5-7-10-24/h5-11,13,15-17,20,26,29H,3-4,12,14,18-19,21-23,35-36H2,1-2H3/b28-20-/t26?,29-/m1/s1. The third kappa shape index (κ3) is 9.21. The summed E-state index contributed by atoms with van der Waals surface area (Å²) < 4.78 is 11.9. The Bertz CT molecular complexity index is 1340. The molecule has 0 fully saturated rings. The number of pyridine rings is 1. The lowest BCUT2D eigenvalue weighted by Gasteiger charge is -2.24. The molecule has 0 radical (unpaired) electrons. The summed E-state index contributed by atoms with van der Waals surface area (Å²) >= 11 is 6.74. The summed E-state index contributed by atoms with van der Waals surface area (Å²) in [5.41, 5.74) is 10.8. The van der Waals surface area contributed by atoms with Crippen molar-refractivity contribution >= 4 is 17.6 Å². The Kier molecular flexibility index (Phi) is 11.6. The van der Waals surface area contributed by atoms with E-state index >= 15 is 0 Å². The fourth-order valence-electron chi connectivity index (χ4n) is 5.07. The summed E-state index contributed by atoms with van der Waals surface area (Å²) in [7, 11) is 0. The molecule has 2 atom stereocenters. The Morgan fingerprint density at radius 3 is 2.79 bits per heavy atom. The zero-order valence-electron chi connectivity index (χ0n) is 24.5. The summed E-state index contributed by atoms with van der Waals surface area (Å²) in [5, 5.41) is 2.24. The van der Waals surface area contributed by atoms with E-state index in [-0.39, 0.29) is 31.0 Å². The Hall–Kier alpha value is -3.59. The van der Waals surface area contributed by atoms with Crippen molar-refractivity contribution in [1.29, 1.82) is 0 Å². The fraction of sp³-hybridized carbons (Fsp3) is 0.394. The molecule has 9 heteroatoms. The molecule has 2 aromatic carbocycles. The second-order valence-corrected chi connectivity index (χ2v) is 11.1. The van der Waals surface area contributed by atoms with Crippen molar-refractivity contribution in [3.05, 3.63) is 106 Å². The first-order valence-corrected chi connectivity index (χ1v) is 15.0. The number of nitrogens with two attached hydrogens (primary N) is 2. The molecule has 1 aliphatic heterocycles. The first kappa shape index (κ1) is 31.3. The largest absolute Gasteiger partial charge is 0.487 e. The number of benzene rings is 2. The summed E-state index contributed by atoms with van der Waals surface area (Å²) in [6.45, 7) is 7.03. The van der Waals surface area contributed by atoms with Crippen LogP contribution in [-0.4, -0.2) is 40.1 Å². The van der Waals surface area contributed by atoms with Crippen LogP contribution in [0, 0.1) is 0 Å². The minimum absolute atomic E-state index is 0.0598. The molecule has 3 aromatic rings. The van der Waals surface area contributed by atoms with Crippen LogP contribution in [0.2, 0.25) is 5.02 Å². The number of hydrogen-bond acceptors (Lipinski definition) is 8. The maximum Gasteiger partial charge on any atom is 0.306 e. The van der Waals surface area contributed by atoms with Crippen molar-refractivity contribution in [2.75, 3.05) is 13.1 Å². The van der Waals surface area contributed by atoms with E-state index in [1.807, 2.05) is 61.5 Å². The molecular formula is C33H42ClN5O3. The Labute approximate surface area is 254 Å². The monoisotopic (exact) mass is 591 g/mol. The van der Waals surface area contributed by atoms with Crippen LogP contribution in [0.3, 0.4) is 0 Å². The molecule has 1 unspecified atom stereocenters. The van der Waals surface area contributed by atoms with Crippen LogP contribution >= 0.6 is 11.6 Å². The van der Waals surface area contributed by atoms with E-state index in [9.17, 15) is 4.79 Å². The zero-order valence-corrected chi connectivity index (χ0v) is 25.3. The van der Waals surface area contributed by atoms with Gasteiger partial charge in [0.1, 0.15) is 18.5 Å². The van der Waals surface area contributed by atoms with E-state index in [1.165, 1.54) is 0 Å². The number of fused-ring (bicyclic) bond motifs is 1. The number of halogens is 1. The number of aromatic nitrogens is 1. The predicted molar refractivity (Wildman–Crippen MR) is 166 cm³/mol. The van der Waals surface area contributed by atoms with E-state index in [2.05, 4.69) is 22.9 Å². The highest BCUT2D eigenvalue weighted by molar-refractivity contribution is 6.31. The number of carbonyl (C=O) groups is 1. The van der Waals surface area contributed by atoms with Crippen molar-refractivity contribution < 1.29 is 14.3 Å². The number of nitrogens with zero attached hydrogens (tertiary/aromatic N) is 3. The average molecular weight is 592 g/mol. The lowest BCUT2D eigenvalue weighted by Crippen LogP contribution is -2.32. The molecule has 0 spiro atoms. The fourth-order valence-corrected chi connectivity index (χ4v) is 5.25. The minimum Gasteiger partial charge on any atom is -0.487 e. The Balaban J connectivity index is 1.52. The van der Waals surface area contributed by atoms with Gasteiger partial charge in [-0.2, -0.15) is 0 Å². The number of rotatable bonds is 13. The molecule has 1 aromatic heterocycles. The predicted octanol–water partition coefficient (Wildman–Crippen LogP) is 5.90. The van der Waals surface area contributed by atoms with E-state index in [0.717, 1.165) is 41.1 Å². The van der Waals surface area contributed by atoms with Gasteiger partial charge >= 0.3 is 5.97 Å². The van der Waals surface area contributed by atoms with Gasteiger partial charge in [-0.25, -0.2) is 5.84 Å². The number of ether oxygens (including phenoxy) is 2. The van der Waals surface area contributed by atoms with Gasteiger partial charge in [0.05, 0.1) is 12.1 Å². The van der Waals surface area contributed by atoms with Crippen LogP contribution in [0.5, 0.6) is 5.75 Å². The van der Waals surface area contributed by atoms with Gasteiger partial charge in [-0.3, -0.25) is 14.7 Å². The second kappa shape index (κ2) is 15.6. The van der Waals surface area contributed by atoms with Crippen molar-refractivity contribution in [3.8, 4) is 5.75 Å². The van der Waals surface area contributed by atoms with Crippen LogP contribution < -0.4 is 16.3 Å². The molecule has 2 heterocycles. The molecule has 0 saturated carbocycles. The van der Waals surface area contributed by atoms with Gasteiger partial charge in [0.25, 0.3) is 0 Å². The zero-order chi connectivity index (χ0) is 29.9. The molecular weight excluding hydrogens is 550 g/mol. The molecule has 8 nitrogen and oxygen atoms in total. The highest BCUT2D eigenvalue weighted by Crippen LogP contribution is 2.32. The third-order valence-electron chi connectivity index (χ3n) is 7.50. The van der Waals surface area contributed by atoms with Gasteiger partial charge in [-0.05, 0) is 67.0 Å². The van der Waals surface area contributed by atoms with E-state index in [0.29, 0.717) is 43.2 Å². The van der Waals surface area contributed by atoms with Gasteiger partial charge in [-0.1, -0.05) is 61.0 Å². The summed E-state index contributed by atoms with van der Waals surface area (Å²) in [6, 6.07) is 19.6. The van der Waals surface area contributed by atoms with Gasteiger partial charge in [0, 0.05) is 49.3 Å². The van der Waals surface area contributed by atoms with E-state index in [4.69, 9.17) is 32.7 Å². The Morgan fingerprint density at radius 2 is 2.02 bits per heavy atom. The number of hydrazine groups is 1. The van der Waals surface area contributed by atoms with Crippen LogP contribution in [0.25, 0.3) is 0 Å². The van der Waals surface area contributed by atoms with Crippen molar-refractivity contribution in [3.63, 3.8) is 0 Å². The van der Waals surface area contributed by atoms with E-state index in [1.54, 1.807) is 17.4 Å². The first-order chi connectivity index (χ1) is 20.3. The van der Waals surface area contributed by atoms with Crippen LogP contribution in [0.4, 0.5) is 0 Å². The molecule has 1 aliphatic rings. The van der Waals surface area contributed by atoms with Crippen molar-refractivity contribution in [2.45, 2.75) is 71.2 Å². The van der Waals surface area contributed by atoms with Crippen LogP contribution in [0.1, 0.15) is 67.8 Å². The van der Waals surface area contributed by atoms with Crippen LogP contribution in [0.15, 0.2) is 78.8 Å². The molecule has 4 rings (SSSR count). The maximum atomic E-state index is 13.0. The topological polar surface area (TPSA) is 107 Å². The summed E-state index contributed by atoms with van der Waals surface area (Å²) in [5.74, 6) is 6.40. The molecule has 4 N–H and O–H groups in total. The highest BCUT2D eigenvalue weighted by atomic mass is 35.5. The quantitative estimate of drug-likeness (QED) is 0.144. The lowest BCUT2D eigenvalue weighted by molar-refractivity contribution is -0.145. The normalized spacial score (nSPS) is 16.2. The molecule has 0 saturated heterocycles. The van der Waals surface area contributed by atoms with Gasteiger partial charge in [0.15, 0.2) is 0 Å². The minimum atomic E-state index is -0.255. The Morgan fingerprint density at radius 1 is 1.21 bits per heavy atom. The number of esters is 1. The molecule has 224 valence electrons. The SMILES string of the molecule is CC[C@@H]1CN(Cc2cc(C(CC/C(N)=C/N(N)CC)CC(=O)OCc3ccccc3)ccc2Cl)Cc2ncccc2O1. The molecule has 0 amide bonds. The lowest BCUT2D eigenvalue weighted by atomic mass is 9.89. The molecule has 0 aliphatic carbocycles. The number of carbonyl (C=O) groups excluding carboxylic acids is 1. The van der Waals surface area contributed by atoms with E-state index < -0.39 is 0 Å². The first-order valence-electron chi connectivity index (χ1n) is 14.6. The van der Waals surface area contributed by atoms with Crippen molar-refractivity contribution in [1.82, 2.24) is 14.9 Å². The second-order valence-electron chi connectivity index (χ2n) is 10.7. The third-order valence-corrected chi connectivity index (χ3v) is 7.87.